The van der Waals surface area contributed by atoms with Gasteiger partial charge in [0, 0.05) is 29.1 Å². The van der Waals surface area contributed by atoms with Crippen LogP contribution in [0, 0.1) is 0 Å². The lowest BCUT2D eigenvalue weighted by atomic mass is 9.78. The van der Waals surface area contributed by atoms with Gasteiger partial charge in [0.25, 0.3) is 5.91 Å². The molecule has 1 saturated carbocycles. The summed E-state index contributed by atoms with van der Waals surface area (Å²) in [4.78, 5) is 13.0. The van der Waals surface area contributed by atoms with Gasteiger partial charge >= 0.3 is 0 Å². The summed E-state index contributed by atoms with van der Waals surface area (Å²) in [5.41, 5.74) is 3.55. The van der Waals surface area contributed by atoms with E-state index in [0.29, 0.717) is 12.1 Å². The van der Waals surface area contributed by atoms with Gasteiger partial charge in [-0.15, -0.1) is 11.8 Å². The van der Waals surface area contributed by atoms with E-state index in [1.165, 1.54) is 29.7 Å². The number of carbonyl (C=O) groups is 1. The molecular weight excluding hydrogens is 256 g/mol. The van der Waals surface area contributed by atoms with E-state index < -0.39 is 0 Å². The summed E-state index contributed by atoms with van der Waals surface area (Å²) in [5.74, 6) is 0.0713. The number of rotatable bonds is 4. The molecule has 3 rings (SSSR count). The summed E-state index contributed by atoms with van der Waals surface area (Å²) >= 11 is 1.72. The van der Waals surface area contributed by atoms with Gasteiger partial charge in [-0.1, -0.05) is 0 Å². The molecule has 0 bridgehead atoms. The van der Waals surface area contributed by atoms with Crippen molar-refractivity contribution in [1.29, 1.82) is 0 Å². The number of benzene rings is 1. The van der Waals surface area contributed by atoms with Crippen molar-refractivity contribution in [3.8, 4) is 0 Å². The second kappa shape index (κ2) is 4.84. The van der Waals surface area contributed by atoms with E-state index in [1.807, 2.05) is 6.07 Å². The molecule has 0 saturated heterocycles. The third kappa shape index (κ3) is 2.39. The predicted octanol–water partition coefficient (Wildman–Crippen LogP) is 2.68. The number of amides is 1. The Balaban J connectivity index is 1.82. The zero-order chi connectivity index (χ0) is 13.5. The van der Waals surface area contributed by atoms with E-state index in [9.17, 15) is 4.79 Å². The minimum Gasteiger partial charge on any atom is -0.348 e. The zero-order valence-corrected chi connectivity index (χ0v) is 12.3. The first-order valence-corrected chi connectivity index (χ1v) is 8.07. The normalized spacial score (nSPS) is 19.8. The Labute approximate surface area is 118 Å². The summed E-state index contributed by atoms with van der Waals surface area (Å²) in [6.45, 7) is 3.81. The van der Waals surface area contributed by atoms with Crippen molar-refractivity contribution in [3.05, 3.63) is 28.8 Å². The predicted molar refractivity (Wildman–Crippen MR) is 78.5 cm³/mol. The molecule has 2 N–H and O–H groups in total. The number of carbonyl (C=O) groups excluding carboxylic acids is 1. The Morgan fingerprint density at radius 1 is 1.42 bits per heavy atom. The van der Waals surface area contributed by atoms with Crippen molar-refractivity contribution in [3.63, 3.8) is 0 Å². The quantitative estimate of drug-likeness (QED) is 0.831. The third-order valence-electron chi connectivity index (χ3n) is 4.34. The third-order valence-corrected chi connectivity index (χ3v) is 5.14. The summed E-state index contributed by atoms with van der Waals surface area (Å²) < 4.78 is 0. The molecule has 0 radical (unpaired) electrons. The molecule has 1 amide bonds. The maximum absolute atomic E-state index is 11.8. The first-order chi connectivity index (χ1) is 9.11. The highest BCUT2D eigenvalue weighted by Gasteiger charge is 2.31. The number of thioether (sulfide) groups is 1. The molecule has 1 fully saturated rings. The van der Waals surface area contributed by atoms with E-state index in [1.54, 1.807) is 11.8 Å². The van der Waals surface area contributed by atoms with Gasteiger partial charge < -0.3 is 10.6 Å². The minimum absolute atomic E-state index is 0.0713. The van der Waals surface area contributed by atoms with E-state index >= 15 is 0 Å². The van der Waals surface area contributed by atoms with Gasteiger partial charge in [-0.2, -0.15) is 0 Å². The van der Waals surface area contributed by atoms with E-state index in [4.69, 9.17) is 0 Å². The van der Waals surface area contributed by atoms with Gasteiger partial charge in [-0.25, -0.2) is 0 Å². The number of hydrogen-bond acceptors (Lipinski definition) is 3. The van der Waals surface area contributed by atoms with Crippen molar-refractivity contribution in [2.75, 3.05) is 6.26 Å². The second-order valence-electron chi connectivity index (χ2n) is 5.77. The SMILES string of the molecule is CSc1cc(CNC2(C)CCC2)cc2c1CNC2=O. The van der Waals surface area contributed by atoms with Crippen LogP contribution in [-0.2, 0) is 13.1 Å². The summed E-state index contributed by atoms with van der Waals surface area (Å²) in [6, 6.07) is 4.27. The van der Waals surface area contributed by atoms with Crippen molar-refractivity contribution >= 4 is 17.7 Å². The Morgan fingerprint density at radius 2 is 2.21 bits per heavy atom. The van der Waals surface area contributed by atoms with E-state index in [2.05, 4.69) is 29.9 Å². The fourth-order valence-electron chi connectivity index (χ4n) is 2.83. The summed E-state index contributed by atoms with van der Waals surface area (Å²) in [7, 11) is 0. The van der Waals surface area contributed by atoms with Crippen LogP contribution >= 0.6 is 11.8 Å². The average molecular weight is 276 g/mol. The van der Waals surface area contributed by atoms with Crippen LogP contribution in [0.2, 0.25) is 0 Å². The highest BCUT2D eigenvalue weighted by Crippen LogP contribution is 2.32. The van der Waals surface area contributed by atoms with Gasteiger partial charge in [-0.3, -0.25) is 4.79 Å². The van der Waals surface area contributed by atoms with Crippen LogP contribution < -0.4 is 10.6 Å². The summed E-state index contributed by atoms with van der Waals surface area (Å²) in [5, 5.41) is 6.54. The smallest absolute Gasteiger partial charge is 0.251 e. The monoisotopic (exact) mass is 276 g/mol. The van der Waals surface area contributed by atoms with Gasteiger partial charge in [0.2, 0.25) is 0 Å². The largest absolute Gasteiger partial charge is 0.348 e. The van der Waals surface area contributed by atoms with Gasteiger partial charge in [-0.05, 0) is 55.7 Å². The van der Waals surface area contributed by atoms with E-state index in [0.717, 1.165) is 17.7 Å². The fraction of sp³-hybridized carbons (Fsp3) is 0.533. The van der Waals surface area contributed by atoms with Crippen LogP contribution in [-0.4, -0.2) is 17.7 Å². The molecule has 3 nitrogen and oxygen atoms in total. The lowest BCUT2D eigenvalue weighted by Crippen LogP contribution is -2.47. The first kappa shape index (κ1) is 13.0. The molecule has 102 valence electrons. The number of fused-ring (bicyclic) bond motifs is 1. The molecular formula is C15H20N2OS. The molecule has 0 aromatic heterocycles. The second-order valence-corrected chi connectivity index (χ2v) is 6.62. The van der Waals surface area contributed by atoms with Crippen molar-refractivity contribution in [1.82, 2.24) is 10.6 Å². The molecule has 0 unspecified atom stereocenters. The minimum atomic E-state index is 0.0713. The molecule has 1 aliphatic heterocycles. The van der Waals surface area contributed by atoms with Crippen molar-refractivity contribution in [2.24, 2.45) is 0 Å². The summed E-state index contributed by atoms with van der Waals surface area (Å²) in [6.07, 6.45) is 5.91. The molecule has 4 heteroatoms. The van der Waals surface area contributed by atoms with E-state index in [-0.39, 0.29) is 5.91 Å². The lowest BCUT2D eigenvalue weighted by molar-refractivity contribution is 0.0965. The van der Waals surface area contributed by atoms with Gasteiger partial charge in [0.1, 0.15) is 0 Å². The maximum atomic E-state index is 11.8. The number of nitrogens with one attached hydrogen (secondary N) is 2. The first-order valence-electron chi connectivity index (χ1n) is 6.84. The Morgan fingerprint density at radius 3 is 2.84 bits per heavy atom. The molecule has 1 heterocycles. The Hall–Kier alpha value is -1.00. The molecule has 19 heavy (non-hydrogen) atoms. The molecule has 1 aromatic rings. The average Bonchev–Trinajstić information content (AvgIpc) is 2.75. The highest BCUT2D eigenvalue weighted by atomic mass is 32.2. The fourth-order valence-corrected chi connectivity index (χ4v) is 3.53. The zero-order valence-electron chi connectivity index (χ0n) is 11.5. The van der Waals surface area contributed by atoms with Gasteiger partial charge in [0.05, 0.1) is 0 Å². The van der Waals surface area contributed by atoms with Crippen LogP contribution in [0.15, 0.2) is 17.0 Å². The molecule has 1 aliphatic carbocycles. The van der Waals surface area contributed by atoms with Crippen molar-refractivity contribution < 1.29 is 4.79 Å². The lowest BCUT2D eigenvalue weighted by Gasteiger charge is -2.39. The Kier molecular flexibility index (Phi) is 3.31. The number of hydrogen-bond donors (Lipinski definition) is 2. The van der Waals surface area contributed by atoms with Crippen LogP contribution in [0.3, 0.4) is 0 Å². The topological polar surface area (TPSA) is 41.1 Å². The maximum Gasteiger partial charge on any atom is 0.251 e. The van der Waals surface area contributed by atoms with Crippen molar-refractivity contribution in [2.45, 2.75) is 49.7 Å². The van der Waals surface area contributed by atoms with Crippen LogP contribution in [0.25, 0.3) is 0 Å². The highest BCUT2D eigenvalue weighted by molar-refractivity contribution is 7.98. The standard InChI is InChI=1S/C15H20N2OS/c1-15(4-3-5-15)17-8-10-6-11-12(9-16-14(11)18)13(7-10)19-2/h6-7,17H,3-5,8-9H2,1-2H3,(H,16,18). The Bertz CT molecular complexity index is 523. The molecule has 0 atom stereocenters. The molecule has 0 spiro atoms. The van der Waals surface area contributed by atoms with Crippen LogP contribution in [0.5, 0.6) is 0 Å². The molecule has 2 aliphatic rings. The van der Waals surface area contributed by atoms with Gasteiger partial charge in [0.15, 0.2) is 0 Å². The van der Waals surface area contributed by atoms with Crippen LogP contribution in [0.1, 0.15) is 47.7 Å². The molecule has 1 aromatic carbocycles. The van der Waals surface area contributed by atoms with Crippen LogP contribution in [0.4, 0.5) is 0 Å².